The van der Waals surface area contributed by atoms with Crippen LogP contribution >= 0.6 is 11.3 Å². The minimum Gasteiger partial charge on any atom is -0.264 e. The van der Waals surface area contributed by atoms with Gasteiger partial charge >= 0.3 is 0 Å². The van der Waals surface area contributed by atoms with Gasteiger partial charge in [0.15, 0.2) is 5.01 Å². The van der Waals surface area contributed by atoms with Crippen molar-refractivity contribution in [2.75, 3.05) is 0 Å². The van der Waals surface area contributed by atoms with Crippen molar-refractivity contribution in [3.8, 4) is 32.7 Å². The highest BCUT2D eigenvalue weighted by molar-refractivity contribution is 7.17. The molecular formula is C18H12N6S. The van der Waals surface area contributed by atoms with E-state index in [4.69, 9.17) is 4.98 Å². The lowest BCUT2D eigenvalue weighted by Gasteiger charge is -2.17. The Bertz CT molecular complexity index is 1060. The minimum absolute atomic E-state index is 0.794. The van der Waals surface area contributed by atoms with E-state index < -0.39 is 0 Å². The smallest absolute Gasteiger partial charge is 0.166 e. The molecule has 0 saturated heterocycles. The molecule has 25 heavy (non-hydrogen) atoms. The number of pyridine rings is 2. The van der Waals surface area contributed by atoms with E-state index in [-0.39, 0.29) is 0 Å². The summed E-state index contributed by atoms with van der Waals surface area (Å²) in [6.07, 6.45) is 8.90. The molecule has 4 aromatic heterocycles. The van der Waals surface area contributed by atoms with Crippen molar-refractivity contribution in [1.29, 1.82) is 0 Å². The predicted octanol–water partition coefficient (Wildman–Crippen LogP) is 3.22. The van der Waals surface area contributed by atoms with Gasteiger partial charge in [-0.25, -0.2) is 15.0 Å². The Morgan fingerprint density at radius 1 is 0.840 bits per heavy atom. The Hall–Kier alpha value is -3.06. The third-order valence-electron chi connectivity index (χ3n) is 4.21. The van der Waals surface area contributed by atoms with Gasteiger partial charge in [0.25, 0.3) is 0 Å². The van der Waals surface area contributed by atoms with E-state index in [0.717, 1.165) is 51.1 Å². The summed E-state index contributed by atoms with van der Waals surface area (Å²) in [6, 6.07) is 8.00. The van der Waals surface area contributed by atoms with Gasteiger partial charge in [-0.3, -0.25) is 4.98 Å². The number of aryl methyl sites for hydroxylation is 2. The Morgan fingerprint density at radius 2 is 1.76 bits per heavy atom. The third kappa shape index (κ3) is 2.49. The predicted molar refractivity (Wildman–Crippen MR) is 94.8 cm³/mol. The molecule has 120 valence electrons. The van der Waals surface area contributed by atoms with Crippen molar-refractivity contribution in [1.82, 2.24) is 30.1 Å². The molecule has 1 aliphatic rings. The zero-order chi connectivity index (χ0) is 16.6. The van der Waals surface area contributed by atoms with E-state index in [9.17, 15) is 0 Å². The lowest BCUT2D eigenvalue weighted by Crippen LogP contribution is -2.08. The molecule has 1 aliphatic carbocycles. The zero-order valence-corrected chi connectivity index (χ0v) is 13.9. The third-order valence-corrected chi connectivity index (χ3v) is 5.20. The highest BCUT2D eigenvalue weighted by Gasteiger charge is 2.20. The first kappa shape index (κ1) is 14.3. The highest BCUT2D eigenvalue weighted by Crippen LogP contribution is 2.34. The van der Waals surface area contributed by atoms with Gasteiger partial charge < -0.3 is 0 Å². The van der Waals surface area contributed by atoms with Crippen LogP contribution in [0.15, 0.2) is 49.2 Å². The Balaban J connectivity index is 1.58. The molecule has 0 saturated carbocycles. The summed E-state index contributed by atoms with van der Waals surface area (Å²) in [5.74, 6) is 0. The fourth-order valence-electron chi connectivity index (χ4n) is 2.97. The molecule has 0 N–H and O–H groups in total. The van der Waals surface area contributed by atoms with Crippen LogP contribution in [0, 0.1) is 0 Å². The second kappa shape index (κ2) is 5.78. The molecule has 0 fully saturated rings. The van der Waals surface area contributed by atoms with Crippen LogP contribution in [0.2, 0.25) is 0 Å². The summed E-state index contributed by atoms with van der Waals surface area (Å²) in [5.41, 5.74) is 5.99. The van der Waals surface area contributed by atoms with E-state index in [0.29, 0.717) is 0 Å². The summed E-state index contributed by atoms with van der Waals surface area (Å²) in [6.45, 7) is 0. The molecule has 6 nitrogen and oxygen atoms in total. The van der Waals surface area contributed by atoms with Gasteiger partial charge in [-0.05, 0) is 42.2 Å². The fourth-order valence-corrected chi connectivity index (χ4v) is 3.77. The lowest BCUT2D eigenvalue weighted by molar-refractivity contribution is 0.897. The van der Waals surface area contributed by atoms with E-state index >= 15 is 0 Å². The van der Waals surface area contributed by atoms with Crippen LogP contribution in [-0.4, -0.2) is 30.1 Å². The van der Waals surface area contributed by atoms with Gasteiger partial charge in [-0.2, -0.15) is 0 Å². The fraction of sp³-hybridized carbons (Fsp3) is 0.111. The molecule has 0 aliphatic heterocycles. The molecule has 7 heteroatoms. The van der Waals surface area contributed by atoms with Crippen molar-refractivity contribution in [2.45, 2.75) is 12.8 Å². The molecule has 0 atom stereocenters. The van der Waals surface area contributed by atoms with Crippen LogP contribution in [0.25, 0.3) is 32.7 Å². The van der Waals surface area contributed by atoms with Crippen LogP contribution < -0.4 is 0 Å². The summed E-state index contributed by atoms with van der Waals surface area (Å²) in [5, 5.41) is 10.2. The summed E-state index contributed by atoms with van der Waals surface area (Å²) in [4.78, 5) is 17.5. The second-order valence-electron chi connectivity index (χ2n) is 5.75. The Labute approximate surface area is 147 Å². The summed E-state index contributed by atoms with van der Waals surface area (Å²) in [7, 11) is 0. The number of hydrogen-bond donors (Lipinski definition) is 0. The topological polar surface area (TPSA) is 77.3 Å². The van der Waals surface area contributed by atoms with E-state index in [1.54, 1.807) is 18.7 Å². The van der Waals surface area contributed by atoms with Gasteiger partial charge in [0.05, 0.1) is 11.4 Å². The highest BCUT2D eigenvalue weighted by atomic mass is 32.1. The maximum Gasteiger partial charge on any atom is 0.166 e. The average Bonchev–Trinajstić information content (AvgIpc) is 3.18. The second-order valence-corrected chi connectivity index (χ2v) is 6.73. The van der Waals surface area contributed by atoms with Crippen LogP contribution in [0.3, 0.4) is 0 Å². The van der Waals surface area contributed by atoms with Crippen molar-refractivity contribution < 1.29 is 0 Å². The molecule has 4 aromatic rings. The Kier molecular flexibility index (Phi) is 3.31. The molecule has 4 heterocycles. The lowest BCUT2D eigenvalue weighted by atomic mass is 9.93. The van der Waals surface area contributed by atoms with Crippen LogP contribution in [0.1, 0.15) is 11.1 Å². The maximum absolute atomic E-state index is 4.83. The molecule has 0 unspecified atom stereocenters. The van der Waals surface area contributed by atoms with Gasteiger partial charge in [0.1, 0.15) is 17.0 Å². The Morgan fingerprint density at radius 3 is 2.68 bits per heavy atom. The number of fused-ring (bicyclic) bond motifs is 3. The van der Waals surface area contributed by atoms with Crippen molar-refractivity contribution in [3.05, 3.63) is 60.3 Å². The van der Waals surface area contributed by atoms with Gasteiger partial charge in [-0.1, -0.05) is 17.4 Å². The molecular weight excluding hydrogens is 332 g/mol. The van der Waals surface area contributed by atoms with E-state index in [1.807, 2.05) is 24.4 Å². The van der Waals surface area contributed by atoms with Crippen molar-refractivity contribution >= 4 is 11.3 Å². The standard InChI is InChI=1S/C18H12N6S/c1-2-13(9-19-7-1)17-23-24-18(25-17)14-6-5-11-3-4-12-8-20-10-21-15(12)16(11)22-14/h1-2,5-10H,3-4H2. The normalized spacial score (nSPS) is 12.5. The SMILES string of the molecule is c1cncc(-c2nnc(-c3ccc4c(n3)-c3ncncc3CC4)s2)c1. The first-order valence-electron chi connectivity index (χ1n) is 7.92. The first-order valence-corrected chi connectivity index (χ1v) is 8.73. The van der Waals surface area contributed by atoms with E-state index in [2.05, 4.69) is 31.2 Å². The van der Waals surface area contributed by atoms with Gasteiger partial charge in [-0.15, -0.1) is 10.2 Å². The zero-order valence-electron chi connectivity index (χ0n) is 13.1. The monoisotopic (exact) mass is 344 g/mol. The van der Waals surface area contributed by atoms with Gasteiger partial charge in [0.2, 0.25) is 0 Å². The average molecular weight is 344 g/mol. The molecule has 0 aromatic carbocycles. The maximum atomic E-state index is 4.83. The molecule has 0 amide bonds. The molecule has 0 radical (unpaired) electrons. The minimum atomic E-state index is 0.794. The molecule has 0 spiro atoms. The van der Waals surface area contributed by atoms with Crippen LogP contribution in [-0.2, 0) is 12.8 Å². The largest absolute Gasteiger partial charge is 0.264 e. The van der Waals surface area contributed by atoms with Crippen LogP contribution in [0.5, 0.6) is 0 Å². The quantitative estimate of drug-likeness (QED) is 0.556. The number of nitrogens with zero attached hydrogens (tertiary/aromatic N) is 6. The molecule has 5 rings (SSSR count). The summed E-state index contributed by atoms with van der Waals surface area (Å²) >= 11 is 1.51. The number of aromatic nitrogens is 6. The van der Waals surface area contributed by atoms with Crippen molar-refractivity contribution in [2.24, 2.45) is 0 Å². The van der Waals surface area contributed by atoms with Crippen molar-refractivity contribution in [3.63, 3.8) is 0 Å². The number of rotatable bonds is 2. The van der Waals surface area contributed by atoms with E-state index in [1.165, 1.54) is 16.9 Å². The number of hydrogen-bond acceptors (Lipinski definition) is 7. The van der Waals surface area contributed by atoms with Gasteiger partial charge in [0, 0.05) is 24.2 Å². The first-order chi connectivity index (χ1) is 12.4. The van der Waals surface area contributed by atoms with Crippen LogP contribution in [0.4, 0.5) is 0 Å². The molecule has 0 bridgehead atoms. The summed E-state index contributed by atoms with van der Waals surface area (Å²) < 4.78 is 0.